The molecule has 2 aliphatic rings. The van der Waals surface area contributed by atoms with Gasteiger partial charge in [-0.2, -0.15) is 0 Å². The van der Waals surface area contributed by atoms with Crippen molar-refractivity contribution in [3.63, 3.8) is 0 Å². The summed E-state index contributed by atoms with van der Waals surface area (Å²) in [5.41, 5.74) is 4.34. The minimum atomic E-state index is 0.00180. The highest BCUT2D eigenvalue weighted by Gasteiger charge is 2.25. The fourth-order valence-corrected chi connectivity index (χ4v) is 4.98. The average Bonchev–Trinajstić information content (AvgIpc) is 2.89. The molecule has 176 valence electrons. The zero-order valence-corrected chi connectivity index (χ0v) is 19.8. The fraction of sp³-hybridized carbons (Fsp3) is 0.370. The number of fused-ring (bicyclic) bond motifs is 1. The molecule has 1 atom stereocenters. The highest BCUT2D eigenvalue weighted by molar-refractivity contribution is 5.87. The first-order valence-corrected chi connectivity index (χ1v) is 12.1. The molecule has 2 fully saturated rings. The highest BCUT2D eigenvalue weighted by atomic mass is 16.2. The number of benzene rings is 2. The van der Waals surface area contributed by atoms with E-state index in [4.69, 9.17) is 4.98 Å². The second-order valence-corrected chi connectivity index (χ2v) is 9.27. The largest absolute Gasteiger partial charge is 0.369 e. The summed E-state index contributed by atoms with van der Waals surface area (Å²) in [6.45, 7) is 9.42. The predicted molar refractivity (Wildman–Crippen MR) is 138 cm³/mol. The maximum Gasteiger partial charge on any atom is 0.245 e. The lowest BCUT2D eigenvalue weighted by Gasteiger charge is -2.34. The number of hydrogen-bond donors (Lipinski definition) is 1. The van der Waals surface area contributed by atoms with Gasteiger partial charge >= 0.3 is 0 Å². The maximum atomic E-state index is 12.2. The number of piperazine rings is 1. The summed E-state index contributed by atoms with van der Waals surface area (Å²) >= 11 is 0. The van der Waals surface area contributed by atoms with E-state index < -0.39 is 0 Å². The van der Waals surface area contributed by atoms with Gasteiger partial charge in [-0.05, 0) is 55.8 Å². The number of para-hydroxylation sites is 1. The van der Waals surface area contributed by atoms with Crippen LogP contribution in [-0.2, 0) is 4.79 Å². The molecule has 2 aromatic carbocycles. The number of carbonyl (C=O) groups is 1. The molecule has 34 heavy (non-hydrogen) atoms. The molecule has 2 saturated heterocycles. The molecule has 0 bridgehead atoms. The summed E-state index contributed by atoms with van der Waals surface area (Å²) in [6, 6.07) is 14.7. The molecule has 7 nitrogen and oxygen atoms in total. The molecule has 1 amide bonds. The Kier molecular flexibility index (Phi) is 6.45. The van der Waals surface area contributed by atoms with Crippen LogP contribution in [0.1, 0.15) is 24.3 Å². The normalized spacial score (nSPS) is 19.3. The summed E-state index contributed by atoms with van der Waals surface area (Å²) in [5, 5.41) is 4.39. The summed E-state index contributed by atoms with van der Waals surface area (Å²) in [7, 11) is 2.17. The minimum Gasteiger partial charge on any atom is -0.369 e. The van der Waals surface area contributed by atoms with Crippen molar-refractivity contribution in [2.24, 2.45) is 0 Å². The van der Waals surface area contributed by atoms with E-state index in [1.54, 1.807) is 0 Å². The van der Waals surface area contributed by atoms with Crippen LogP contribution >= 0.6 is 0 Å². The predicted octanol–water partition coefficient (Wildman–Crippen LogP) is 4.02. The fourth-order valence-electron chi connectivity index (χ4n) is 4.98. The van der Waals surface area contributed by atoms with Gasteiger partial charge in [0.2, 0.25) is 11.9 Å². The lowest BCUT2D eigenvalue weighted by Crippen LogP contribution is -2.44. The van der Waals surface area contributed by atoms with Crippen LogP contribution in [0.4, 0.5) is 17.3 Å². The van der Waals surface area contributed by atoms with Crippen molar-refractivity contribution >= 4 is 34.1 Å². The van der Waals surface area contributed by atoms with Crippen LogP contribution in [0.25, 0.3) is 10.9 Å². The first kappa shape index (κ1) is 22.3. The van der Waals surface area contributed by atoms with Gasteiger partial charge in [0, 0.05) is 68.1 Å². The molecule has 2 aliphatic heterocycles. The van der Waals surface area contributed by atoms with Crippen molar-refractivity contribution in [1.82, 2.24) is 19.8 Å². The Morgan fingerprint density at radius 1 is 1.09 bits per heavy atom. The topological polar surface area (TPSA) is 64.6 Å². The summed E-state index contributed by atoms with van der Waals surface area (Å²) < 4.78 is 0. The molecule has 0 saturated carbocycles. The number of aromatic nitrogens is 2. The third-order valence-corrected chi connectivity index (χ3v) is 6.98. The van der Waals surface area contributed by atoms with E-state index in [0.717, 1.165) is 62.2 Å². The molecule has 5 rings (SSSR count). The molecular weight excluding hydrogens is 424 g/mol. The molecular formula is C27H32N6O. The number of nitrogens with one attached hydrogen (secondary N) is 1. The number of piperidine rings is 1. The van der Waals surface area contributed by atoms with Crippen molar-refractivity contribution in [2.45, 2.75) is 18.8 Å². The quantitative estimate of drug-likeness (QED) is 0.585. The summed E-state index contributed by atoms with van der Waals surface area (Å²) in [4.78, 5) is 28.3. The second kappa shape index (κ2) is 9.81. The number of hydrogen-bond acceptors (Lipinski definition) is 6. The number of nitrogens with zero attached hydrogens (tertiary/aromatic N) is 5. The van der Waals surface area contributed by atoms with Crippen LogP contribution in [-0.4, -0.2) is 72.0 Å². The first-order chi connectivity index (χ1) is 16.6. The molecule has 0 radical (unpaired) electrons. The van der Waals surface area contributed by atoms with E-state index in [-0.39, 0.29) is 11.8 Å². The van der Waals surface area contributed by atoms with Crippen molar-refractivity contribution in [2.75, 3.05) is 56.5 Å². The van der Waals surface area contributed by atoms with Crippen molar-refractivity contribution in [1.29, 1.82) is 0 Å². The first-order valence-electron chi connectivity index (χ1n) is 12.1. The molecule has 0 spiro atoms. The maximum absolute atomic E-state index is 12.2. The molecule has 3 heterocycles. The van der Waals surface area contributed by atoms with Gasteiger partial charge in [0.1, 0.15) is 0 Å². The van der Waals surface area contributed by atoms with Gasteiger partial charge in [-0.15, -0.1) is 0 Å². The van der Waals surface area contributed by atoms with E-state index >= 15 is 0 Å². The van der Waals surface area contributed by atoms with Crippen molar-refractivity contribution in [3.05, 3.63) is 66.9 Å². The number of likely N-dealkylation sites (N-methyl/N-ethyl adjacent to an activating group) is 1. The Bertz CT molecular complexity index is 1170. The number of rotatable bonds is 5. The van der Waals surface area contributed by atoms with Gasteiger partial charge in [-0.3, -0.25) is 4.79 Å². The van der Waals surface area contributed by atoms with Crippen LogP contribution in [0.15, 0.2) is 61.3 Å². The average molecular weight is 457 g/mol. The van der Waals surface area contributed by atoms with Gasteiger partial charge in [0.25, 0.3) is 0 Å². The van der Waals surface area contributed by atoms with Gasteiger partial charge in [0.15, 0.2) is 0 Å². The molecule has 1 unspecified atom stereocenters. The number of likely N-dealkylation sites (tertiary alicyclic amines) is 1. The molecule has 3 aromatic rings. The number of carbonyl (C=O) groups excluding carboxylic acids is 1. The van der Waals surface area contributed by atoms with E-state index in [1.165, 1.54) is 17.3 Å². The summed E-state index contributed by atoms with van der Waals surface area (Å²) in [5.74, 6) is 0.844. The Balaban J connectivity index is 1.35. The van der Waals surface area contributed by atoms with Gasteiger partial charge < -0.3 is 20.0 Å². The van der Waals surface area contributed by atoms with E-state index in [0.29, 0.717) is 12.5 Å². The standard InChI is InChI=1S/C27H32N6O/c1-3-25(34)33-13-5-7-21(19-33)24-8-4-6-20-18-28-27(30-26(20)24)29-22-9-11-23(12-10-22)32-16-14-31(2)15-17-32/h3-4,6,8-12,18,21H,1,5,7,13-17,19H2,2H3,(H,28,29,30). The number of anilines is 3. The smallest absolute Gasteiger partial charge is 0.245 e. The van der Waals surface area contributed by atoms with Crippen LogP contribution in [0.5, 0.6) is 0 Å². The molecule has 1 aromatic heterocycles. The SMILES string of the molecule is C=CC(=O)N1CCCC(c2cccc3cnc(Nc4ccc(N5CCN(C)CC5)cc4)nc23)C1. The lowest BCUT2D eigenvalue weighted by atomic mass is 9.89. The molecule has 7 heteroatoms. The van der Waals surface area contributed by atoms with Crippen LogP contribution in [0.2, 0.25) is 0 Å². The van der Waals surface area contributed by atoms with Crippen LogP contribution < -0.4 is 10.2 Å². The zero-order valence-electron chi connectivity index (χ0n) is 19.8. The van der Waals surface area contributed by atoms with Gasteiger partial charge in [-0.25, -0.2) is 9.97 Å². The Labute approximate surface area is 201 Å². The third kappa shape index (κ3) is 4.75. The van der Waals surface area contributed by atoms with Crippen LogP contribution in [0, 0.1) is 0 Å². The zero-order chi connectivity index (χ0) is 23.5. The van der Waals surface area contributed by atoms with Crippen molar-refractivity contribution in [3.8, 4) is 0 Å². The van der Waals surface area contributed by atoms with Gasteiger partial charge in [0.05, 0.1) is 5.52 Å². The Hall–Kier alpha value is -3.45. The van der Waals surface area contributed by atoms with E-state index in [9.17, 15) is 4.79 Å². The Morgan fingerprint density at radius 2 is 1.88 bits per heavy atom. The molecule has 0 aliphatic carbocycles. The van der Waals surface area contributed by atoms with E-state index in [2.05, 4.69) is 70.1 Å². The van der Waals surface area contributed by atoms with E-state index in [1.807, 2.05) is 17.2 Å². The van der Waals surface area contributed by atoms with Crippen LogP contribution in [0.3, 0.4) is 0 Å². The number of amides is 1. The summed E-state index contributed by atoms with van der Waals surface area (Å²) in [6.07, 6.45) is 5.31. The lowest BCUT2D eigenvalue weighted by molar-refractivity contribution is -0.127. The molecule has 1 N–H and O–H groups in total. The Morgan fingerprint density at radius 3 is 2.65 bits per heavy atom. The highest BCUT2D eigenvalue weighted by Crippen LogP contribution is 2.32. The minimum absolute atomic E-state index is 0.00180. The monoisotopic (exact) mass is 456 g/mol. The van der Waals surface area contributed by atoms with Gasteiger partial charge in [-0.1, -0.05) is 24.8 Å². The second-order valence-electron chi connectivity index (χ2n) is 9.27. The van der Waals surface area contributed by atoms with Crippen molar-refractivity contribution < 1.29 is 4.79 Å². The third-order valence-electron chi connectivity index (χ3n) is 6.98.